The smallest absolute Gasteiger partial charge is 0.252 e. The predicted octanol–water partition coefficient (Wildman–Crippen LogP) is 17.5. The molecule has 0 spiro atoms. The Morgan fingerprint density at radius 1 is 0.429 bits per heavy atom. The summed E-state index contributed by atoms with van der Waals surface area (Å²) in [5.74, 6) is 0. The second-order valence-corrected chi connectivity index (χ2v) is 28.2. The minimum Gasteiger partial charge on any atom is -0.335 e. The highest BCUT2D eigenvalue weighted by atomic mass is 15.3. The van der Waals surface area contributed by atoms with Gasteiger partial charge in [-0.3, -0.25) is 0 Å². The molecule has 2 fully saturated rings. The molecular weight excluding hydrogens is 930 g/mol. The van der Waals surface area contributed by atoms with Crippen molar-refractivity contribution in [2.75, 3.05) is 14.7 Å². The predicted molar refractivity (Wildman–Crippen MR) is 330 cm³/mol. The summed E-state index contributed by atoms with van der Waals surface area (Å²) < 4.78 is 0. The maximum absolute atomic E-state index is 2.95. The van der Waals surface area contributed by atoms with Crippen LogP contribution in [0, 0.1) is 0 Å². The normalized spacial score (nSPS) is 24.1. The van der Waals surface area contributed by atoms with E-state index in [1.165, 1.54) is 138 Å². The average Bonchev–Trinajstić information content (AvgIpc) is 3.64. The van der Waals surface area contributed by atoms with Crippen LogP contribution in [0.3, 0.4) is 0 Å². The monoisotopic (exact) mass is 1010 g/mol. The largest absolute Gasteiger partial charge is 0.335 e. The van der Waals surface area contributed by atoms with Gasteiger partial charge in [0.25, 0.3) is 6.71 Å². The van der Waals surface area contributed by atoms with Crippen molar-refractivity contribution in [3.8, 4) is 11.1 Å². The summed E-state index contributed by atoms with van der Waals surface area (Å²) in [6, 6.07) is 63.2. The van der Waals surface area contributed by atoms with Crippen molar-refractivity contribution in [1.82, 2.24) is 0 Å². The summed E-state index contributed by atoms with van der Waals surface area (Å²) in [6.07, 6.45) is 9.49. The Labute approximate surface area is 460 Å². The van der Waals surface area contributed by atoms with Crippen LogP contribution in [0.2, 0.25) is 0 Å². The Morgan fingerprint density at radius 2 is 1.04 bits per heavy atom. The van der Waals surface area contributed by atoms with Gasteiger partial charge in [-0.05, 0) is 164 Å². The Kier molecular flexibility index (Phi) is 10.3. The first-order valence-electron chi connectivity index (χ1n) is 29.4. The molecule has 4 unspecified atom stereocenters. The Morgan fingerprint density at radius 3 is 1.77 bits per heavy atom. The summed E-state index contributed by atoms with van der Waals surface area (Å²) >= 11 is 0. The molecule has 8 aromatic carbocycles. The van der Waals surface area contributed by atoms with E-state index in [1.54, 1.807) is 5.56 Å². The molecule has 4 atom stereocenters. The quantitative estimate of drug-likeness (QED) is 0.163. The number of benzene rings is 8. The molecule has 4 heteroatoms. The summed E-state index contributed by atoms with van der Waals surface area (Å²) in [4.78, 5) is 8.60. The number of fused-ring (bicyclic) bond motifs is 11. The minimum absolute atomic E-state index is 0.00377. The zero-order valence-corrected chi connectivity index (χ0v) is 48.1. The van der Waals surface area contributed by atoms with Gasteiger partial charge in [-0.2, -0.15) is 0 Å². The van der Waals surface area contributed by atoms with Crippen LogP contribution in [0.1, 0.15) is 168 Å². The Balaban J connectivity index is 1.13. The molecule has 0 bridgehead atoms. The fourth-order valence-corrected chi connectivity index (χ4v) is 16.5. The number of anilines is 7. The van der Waals surface area contributed by atoms with Gasteiger partial charge >= 0.3 is 0 Å². The van der Waals surface area contributed by atoms with Gasteiger partial charge in [0.15, 0.2) is 0 Å². The summed E-state index contributed by atoms with van der Waals surface area (Å²) in [5, 5.41) is 2.53. The van der Waals surface area contributed by atoms with E-state index in [9.17, 15) is 0 Å². The second-order valence-electron chi connectivity index (χ2n) is 28.2. The van der Waals surface area contributed by atoms with Crippen molar-refractivity contribution in [3.63, 3.8) is 0 Å². The molecule has 8 aromatic rings. The van der Waals surface area contributed by atoms with Crippen LogP contribution in [0.4, 0.5) is 39.8 Å². The molecule has 4 aliphatic heterocycles. The number of nitrogens with zero attached hydrogens (tertiary/aromatic N) is 3. The minimum atomic E-state index is -0.249. The fourth-order valence-electron chi connectivity index (χ4n) is 16.5. The van der Waals surface area contributed by atoms with Crippen molar-refractivity contribution >= 4 is 73.7 Å². The maximum atomic E-state index is 2.95. The van der Waals surface area contributed by atoms with Crippen molar-refractivity contribution in [1.29, 1.82) is 0 Å². The number of rotatable bonds is 4. The lowest BCUT2D eigenvalue weighted by Crippen LogP contribution is -2.64. The number of hydrogen-bond donors (Lipinski definition) is 0. The molecule has 2 aliphatic carbocycles. The molecule has 4 heterocycles. The van der Waals surface area contributed by atoms with E-state index in [4.69, 9.17) is 0 Å². The molecule has 0 aromatic heterocycles. The summed E-state index contributed by atoms with van der Waals surface area (Å²) in [7, 11) is 0. The van der Waals surface area contributed by atoms with E-state index in [2.05, 4.69) is 256 Å². The Bertz CT molecular complexity index is 3750. The van der Waals surface area contributed by atoms with Crippen molar-refractivity contribution < 1.29 is 0 Å². The highest BCUT2D eigenvalue weighted by Gasteiger charge is 2.64. The molecule has 14 rings (SSSR count). The SMILES string of the molecule is CC(C)(C)c1ccc2c(c1)B1c3cccc4c3N(c3cc(N5c6ccc(C(C)(C)C)cc6C6(c7ccccc7)CCCCC56C)cc(c31)N2c1ccc(C(C)(C)C)cc1-c1ccc2ccccc2c1)C1(C)CCCCC41C. The van der Waals surface area contributed by atoms with Gasteiger partial charge in [-0.1, -0.05) is 210 Å². The molecule has 0 amide bonds. The third-order valence-electron chi connectivity index (χ3n) is 20.9. The van der Waals surface area contributed by atoms with Crippen LogP contribution in [0.15, 0.2) is 158 Å². The summed E-state index contributed by atoms with van der Waals surface area (Å²) in [5.41, 5.74) is 24.2. The van der Waals surface area contributed by atoms with Crippen LogP contribution in [0.5, 0.6) is 0 Å². The highest BCUT2D eigenvalue weighted by molar-refractivity contribution is 7.00. The topological polar surface area (TPSA) is 9.72 Å². The summed E-state index contributed by atoms with van der Waals surface area (Å²) in [6.45, 7) is 29.4. The van der Waals surface area contributed by atoms with E-state index in [0.717, 1.165) is 19.3 Å². The molecule has 388 valence electrons. The zero-order chi connectivity index (χ0) is 53.4. The van der Waals surface area contributed by atoms with Crippen molar-refractivity contribution in [3.05, 3.63) is 191 Å². The van der Waals surface area contributed by atoms with Crippen LogP contribution in [-0.4, -0.2) is 17.8 Å². The number of para-hydroxylation sites is 1. The maximum Gasteiger partial charge on any atom is 0.252 e. The van der Waals surface area contributed by atoms with Gasteiger partial charge in [0.05, 0.1) is 16.8 Å². The van der Waals surface area contributed by atoms with Gasteiger partial charge in [0.2, 0.25) is 0 Å². The first-order chi connectivity index (χ1) is 36.7. The van der Waals surface area contributed by atoms with E-state index in [-0.39, 0.29) is 44.9 Å². The molecular formula is C73H78BN3. The van der Waals surface area contributed by atoms with Gasteiger partial charge in [-0.15, -0.1) is 0 Å². The first-order valence-corrected chi connectivity index (χ1v) is 29.4. The van der Waals surface area contributed by atoms with Crippen molar-refractivity contribution in [2.24, 2.45) is 0 Å². The molecule has 0 N–H and O–H groups in total. The number of hydrogen-bond acceptors (Lipinski definition) is 3. The lowest BCUT2D eigenvalue weighted by Gasteiger charge is -2.54. The van der Waals surface area contributed by atoms with Gasteiger partial charge in [0, 0.05) is 50.5 Å². The lowest BCUT2D eigenvalue weighted by atomic mass is 9.33. The highest BCUT2D eigenvalue weighted by Crippen LogP contribution is 2.66. The second kappa shape index (κ2) is 16.3. The first kappa shape index (κ1) is 48.8. The molecule has 3 nitrogen and oxygen atoms in total. The van der Waals surface area contributed by atoms with Crippen LogP contribution < -0.4 is 31.1 Å². The zero-order valence-electron chi connectivity index (χ0n) is 48.1. The van der Waals surface area contributed by atoms with Crippen LogP contribution in [-0.2, 0) is 27.1 Å². The standard InChI is InChI=1S/C73H78BN3/c1-67(2,3)51-31-34-60(55(42-51)49-30-29-47-23-16-17-24-48(47)41-49)75-62-36-33-53(69(7,8)9)44-59(62)74-58-28-22-27-56-66(58)77(71(11)38-19-18-37-70(56,71)10)64-46-54(45-63(75)65(64)74)76-61-35-32-52(68(4,5)6)43-57(61)73(50-25-14-13-15-26-50)40-21-20-39-72(73,76)12/h13-17,22-36,41-46H,18-21,37-40H2,1-12H3. The Hall–Kier alpha value is -6.52. The van der Waals surface area contributed by atoms with Gasteiger partial charge in [-0.25, -0.2) is 0 Å². The average molecular weight is 1010 g/mol. The van der Waals surface area contributed by atoms with Gasteiger partial charge < -0.3 is 14.7 Å². The third-order valence-corrected chi connectivity index (χ3v) is 20.9. The van der Waals surface area contributed by atoms with E-state index in [0.29, 0.717) is 0 Å². The third kappa shape index (κ3) is 6.63. The lowest BCUT2D eigenvalue weighted by molar-refractivity contribution is 0.195. The van der Waals surface area contributed by atoms with Crippen LogP contribution in [0.25, 0.3) is 21.9 Å². The molecule has 6 aliphatic rings. The van der Waals surface area contributed by atoms with Crippen LogP contribution >= 0.6 is 0 Å². The molecule has 0 saturated heterocycles. The fraction of sp³-hybridized carbons (Fsp3) is 0.370. The van der Waals surface area contributed by atoms with Gasteiger partial charge in [0.1, 0.15) is 0 Å². The molecule has 2 saturated carbocycles. The van der Waals surface area contributed by atoms with E-state index >= 15 is 0 Å². The van der Waals surface area contributed by atoms with E-state index < -0.39 is 0 Å². The molecule has 0 radical (unpaired) electrons. The van der Waals surface area contributed by atoms with Crippen molar-refractivity contribution in [2.45, 2.75) is 173 Å². The van der Waals surface area contributed by atoms with E-state index in [1.807, 2.05) is 0 Å². The molecule has 77 heavy (non-hydrogen) atoms.